The fourth-order valence-corrected chi connectivity index (χ4v) is 1.88. The molecule has 1 atom stereocenters. The lowest BCUT2D eigenvalue weighted by molar-refractivity contribution is -0.870. The molecule has 0 radical (unpaired) electrons. The number of esters is 2. The molecule has 0 aliphatic carbocycles. The van der Waals surface area contributed by atoms with Crippen LogP contribution < -0.4 is 0 Å². The molecule has 0 aromatic carbocycles. The Morgan fingerprint density at radius 1 is 0.639 bits per heavy atom. The van der Waals surface area contributed by atoms with Gasteiger partial charge in [0.05, 0.1) is 6.61 Å². The quantitative estimate of drug-likeness (QED) is 0.0466. The molecule has 0 heterocycles. The van der Waals surface area contributed by atoms with Crippen LogP contribution >= 0.6 is 0 Å². The lowest BCUT2D eigenvalue weighted by Crippen LogP contribution is -2.29. The highest BCUT2D eigenvalue weighted by Gasteiger charge is 2.16. The monoisotopic (exact) mass is 534 g/mol. The van der Waals surface area contributed by atoms with Gasteiger partial charge in [-0.2, -0.15) is 4.89 Å². The van der Waals surface area contributed by atoms with Gasteiger partial charge in [0.25, 0.3) is 0 Å². The molecule has 18 heteroatoms. The van der Waals surface area contributed by atoms with Crippen LogP contribution in [0.1, 0.15) is 39.0 Å². The van der Waals surface area contributed by atoms with Crippen LogP contribution in [0.3, 0.4) is 0 Å². The smallest absolute Gasteiger partial charge is 0.330 e. The van der Waals surface area contributed by atoms with E-state index in [-0.39, 0.29) is 13.2 Å². The van der Waals surface area contributed by atoms with Gasteiger partial charge in [0.15, 0.2) is 6.10 Å². The summed E-state index contributed by atoms with van der Waals surface area (Å²) in [4.78, 5) is 31.3. The molecule has 36 heavy (non-hydrogen) atoms. The van der Waals surface area contributed by atoms with Crippen LogP contribution in [-0.4, -0.2) is 51.1 Å². The van der Waals surface area contributed by atoms with E-state index >= 15 is 0 Å². The molecule has 0 aliphatic rings. The third-order valence-electron chi connectivity index (χ3n) is 3.38. The number of ether oxygens (including phenoxy) is 3. The maximum Gasteiger partial charge on any atom is 0.330 e. The zero-order valence-corrected chi connectivity index (χ0v) is 19.6. The fraction of sp³-hybridized carbons (Fsp3) is 0.667. The summed E-state index contributed by atoms with van der Waals surface area (Å²) in [6.45, 7) is 9.30. The number of hydrogen-bond donors (Lipinski definition) is 0. The molecule has 0 amide bonds. The van der Waals surface area contributed by atoms with E-state index < -0.39 is 24.6 Å². The minimum Gasteiger partial charge on any atom is -0.458 e. The minimum absolute atomic E-state index is 0.260. The molecule has 1 unspecified atom stereocenters. The van der Waals surface area contributed by atoms with Crippen molar-refractivity contribution in [1.82, 2.24) is 0 Å². The zero-order chi connectivity index (χ0) is 26.5. The predicted octanol–water partition coefficient (Wildman–Crippen LogP) is 2.00. The molecule has 0 aliphatic heterocycles. The number of carbonyl (C=O) groups excluding carboxylic acids is 2. The van der Waals surface area contributed by atoms with E-state index in [1.54, 1.807) is 0 Å². The molecule has 0 fully saturated rings. The van der Waals surface area contributed by atoms with Gasteiger partial charge in [-0.15, -0.1) is 0 Å². The van der Waals surface area contributed by atoms with Gasteiger partial charge < -0.3 is 14.2 Å². The summed E-state index contributed by atoms with van der Waals surface area (Å²) < 4.78 is 14.8. The normalized spacial score (nSPS) is 11.7. The van der Waals surface area contributed by atoms with Gasteiger partial charge >= 0.3 is 11.9 Å². The summed E-state index contributed by atoms with van der Waals surface area (Å²) in [6, 6.07) is 0. The lowest BCUT2D eigenvalue weighted by atomic mass is 10.1. The summed E-state index contributed by atoms with van der Waals surface area (Å²) in [5.41, 5.74) is 0. The van der Waals surface area contributed by atoms with Crippen molar-refractivity contribution in [3.05, 3.63) is 25.3 Å². The van der Waals surface area contributed by atoms with Crippen LogP contribution in [0, 0.1) is 0 Å². The van der Waals surface area contributed by atoms with Crippen molar-refractivity contribution in [3.8, 4) is 0 Å². The fourth-order valence-electron chi connectivity index (χ4n) is 1.88. The van der Waals surface area contributed by atoms with E-state index in [9.17, 15) is 9.59 Å². The van der Waals surface area contributed by atoms with Gasteiger partial charge in [0.2, 0.25) is 0 Å². The standard InChI is InChI=1S/C18H30O18/c1-4-17(19)22-14-16(25-18(20)5-2)15-24-27-29-31-33-35-36-34-32-30-28-26-23-13-11-9-7-8-10-12-21-6-3/h4-5,16H,1-2,6-15H2,3H3. The first-order chi connectivity index (χ1) is 17.6. The molecular weight excluding hydrogens is 504 g/mol. The van der Waals surface area contributed by atoms with Crippen LogP contribution in [0.5, 0.6) is 0 Å². The first-order valence-electron chi connectivity index (χ1n) is 10.4. The zero-order valence-electron chi connectivity index (χ0n) is 19.6. The van der Waals surface area contributed by atoms with Crippen molar-refractivity contribution in [2.45, 2.75) is 45.1 Å². The van der Waals surface area contributed by atoms with Gasteiger partial charge in [0, 0.05) is 25.4 Å². The lowest BCUT2D eigenvalue weighted by Gasteiger charge is -2.15. The van der Waals surface area contributed by atoms with E-state index in [4.69, 9.17) is 14.2 Å². The topological polar surface area (TPSA) is 182 Å². The van der Waals surface area contributed by atoms with Gasteiger partial charge in [0.1, 0.15) is 13.2 Å². The molecule has 0 spiro atoms. The molecule has 0 saturated carbocycles. The third-order valence-corrected chi connectivity index (χ3v) is 3.38. The predicted molar refractivity (Wildman–Crippen MR) is 105 cm³/mol. The highest BCUT2D eigenvalue weighted by atomic mass is 18.0. The first kappa shape index (κ1) is 33.9. The molecular formula is C18H30O18. The molecule has 18 nitrogen and oxygen atoms in total. The summed E-state index contributed by atoms with van der Waals surface area (Å²) in [6.07, 6.45) is 5.54. The number of hydrogen-bond acceptors (Lipinski definition) is 18. The molecule has 0 aromatic rings. The van der Waals surface area contributed by atoms with Crippen LogP contribution in [0.15, 0.2) is 25.3 Å². The maximum atomic E-state index is 11.2. The Labute approximate surface area is 205 Å². The van der Waals surface area contributed by atoms with Gasteiger partial charge in [-0.3, -0.25) is 0 Å². The summed E-state index contributed by atoms with van der Waals surface area (Å²) in [5.74, 6) is -1.56. The van der Waals surface area contributed by atoms with E-state index in [0.29, 0.717) is 0 Å². The SMILES string of the molecule is C=CC(=O)OCC(COOOOOOOOOOOOOCCCCCCCOCC)OC(=O)C=C. The third kappa shape index (κ3) is 25.0. The van der Waals surface area contributed by atoms with Crippen LogP contribution in [0.4, 0.5) is 0 Å². The molecule has 0 bridgehead atoms. The maximum absolute atomic E-state index is 11.2. The van der Waals surface area contributed by atoms with E-state index in [0.717, 1.165) is 57.5 Å². The molecule has 0 aromatic heterocycles. The van der Waals surface area contributed by atoms with Gasteiger partial charge in [-0.1, -0.05) is 32.4 Å². The Kier molecular flexibility index (Phi) is 25.8. The van der Waals surface area contributed by atoms with E-state index in [1.807, 2.05) is 6.92 Å². The van der Waals surface area contributed by atoms with Crippen LogP contribution in [0.2, 0.25) is 0 Å². The van der Waals surface area contributed by atoms with E-state index in [1.165, 1.54) is 0 Å². The van der Waals surface area contributed by atoms with Crippen LogP contribution in [0.25, 0.3) is 0 Å². The van der Waals surface area contributed by atoms with Gasteiger partial charge in [-0.05, 0) is 75.2 Å². The average Bonchev–Trinajstić information content (AvgIpc) is 2.89. The van der Waals surface area contributed by atoms with Crippen molar-refractivity contribution in [2.24, 2.45) is 0 Å². The largest absolute Gasteiger partial charge is 0.458 e. The Bertz CT molecular complexity index is 546. The summed E-state index contributed by atoms with van der Waals surface area (Å²) >= 11 is 0. The highest BCUT2D eigenvalue weighted by molar-refractivity contribution is 5.82. The van der Waals surface area contributed by atoms with Crippen molar-refractivity contribution in [2.75, 3.05) is 33.0 Å². The molecule has 0 N–H and O–H groups in total. The van der Waals surface area contributed by atoms with Crippen molar-refractivity contribution in [3.63, 3.8) is 0 Å². The second-order valence-corrected chi connectivity index (χ2v) is 5.92. The Morgan fingerprint density at radius 3 is 1.69 bits per heavy atom. The highest BCUT2D eigenvalue weighted by Crippen LogP contribution is 2.04. The Hall–Kier alpha value is -2.14. The summed E-state index contributed by atoms with van der Waals surface area (Å²) in [7, 11) is 0. The Morgan fingerprint density at radius 2 is 1.14 bits per heavy atom. The molecule has 0 rings (SSSR count). The number of rotatable bonds is 28. The molecule has 210 valence electrons. The van der Waals surface area contributed by atoms with Gasteiger partial charge in [-0.25, -0.2) is 14.5 Å². The number of carbonyl (C=O) groups is 2. The number of unbranched alkanes of at least 4 members (excludes halogenated alkanes) is 4. The minimum atomic E-state index is -1.08. The van der Waals surface area contributed by atoms with E-state index in [2.05, 4.69) is 78.4 Å². The van der Waals surface area contributed by atoms with Crippen molar-refractivity contribution >= 4 is 11.9 Å². The van der Waals surface area contributed by atoms with Crippen molar-refractivity contribution in [1.29, 1.82) is 0 Å². The first-order valence-corrected chi connectivity index (χ1v) is 10.4. The Balaban J connectivity index is 3.39. The second kappa shape index (κ2) is 27.4. The van der Waals surface area contributed by atoms with Crippen molar-refractivity contribution < 1.29 is 89.0 Å². The molecule has 0 saturated heterocycles. The summed E-state index contributed by atoms with van der Waals surface area (Å²) in [5, 5.41) is 42.3. The average molecular weight is 534 g/mol. The van der Waals surface area contributed by atoms with Crippen LogP contribution in [-0.2, 0) is 89.0 Å². The second-order valence-electron chi connectivity index (χ2n) is 5.92.